The summed E-state index contributed by atoms with van der Waals surface area (Å²) < 4.78 is 12.4. The van der Waals surface area contributed by atoms with Gasteiger partial charge in [-0.05, 0) is 30.5 Å². The lowest BCUT2D eigenvalue weighted by Crippen LogP contribution is -2.10. The summed E-state index contributed by atoms with van der Waals surface area (Å²) in [7, 11) is 3.22. The van der Waals surface area contributed by atoms with E-state index >= 15 is 0 Å². The third kappa shape index (κ3) is 4.50. The molecule has 0 spiro atoms. The first kappa shape index (κ1) is 18.3. The lowest BCUT2D eigenvalue weighted by Gasteiger charge is -2.15. The number of carbonyl (C=O) groups excluding carboxylic acids is 1. The Hall–Kier alpha value is -2.02. The van der Waals surface area contributed by atoms with Crippen LogP contribution in [0.15, 0.2) is 29.4 Å². The highest BCUT2D eigenvalue weighted by Crippen LogP contribution is 2.25. The maximum absolute atomic E-state index is 11.2. The molecule has 1 atom stereocenters. The summed E-state index contributed by atoms with van der Waals surface area (Å²) in [6, 6.07) is 8.08. The van der Waals surface area contributed by atoms with Gasteiger partial charge in [0, 0.05) is 7.05 Å². The summed E-state index contributed by atoms with van der Waals surface area (Å²) in [6.07, 6.45) is -0.250. The summed E-state index contributed by atoms with van der Waals surface area (Å²) in [5.41, 5.74) is 1.27. The third-order valence-corrected chi connectivity index (χ3v) is 4.63. The van der Waals surface area contributed by atoms with Gasteiger partial charge in [0.25, 0.3) is 0 Å². The molecule has 0 bridgehead atoms. The van der Waals surface area contributed by atoms with E-state index in [9.17, 15) is 4.79 Å². The van der Waals surface area contributed by atoms with E-state index < -0.39 is 0 Å². The fourth-order valence-corrected chi connectivity index (χ4v) is 2.93. The van der Waals surface area contributed by atoms with Crippen molar-refractivity contribution in [2.24, 2.45) is 7.05 Å². The molecule has 2 aromatic rings. The van der Waals surface area contributed by atoms with Crippen molar-refractivity contribution in [3.8, 4) is 5.75 Å². The van der Waals surface area contributed by atoms with Crippen molar-refractivity contribution in [2.45, 2.75) is 37.9 Å². The van der Waals surface area contributed by atoms with E-state index in [1.165, 1.54) is 24.4 Å². The van der Waals surface area contributed by atoms with Crippen LogP contribution in [0.3, 0.4) is 0 Å². The molecule has 0 aliphatic rings. The summed E-state index contributed by atoms with van der Waals surface area (Å²) in [4.78, 5) is 11.2. The molecule has 0 fully saturated rings. The third-order valence-electron chi connectivity index (χ3n) is 3.64. The van der Waals surface area contributed by atoms with E-state index in [0.29, 0.717) is 16.9 Å². The monoisotopic (exact) mass is 349 g/mol. The molecular weight excluding hydrogens is 326 g/mol. The van der Waals surface area contributed by atoms with Crippen LogP contribution < -0.4 is 4.74 Å². The quantitative estimate of drug-likeness (QED) is 0.564. The molecule has 1 heterocycles. The minimum absolute atomic E-state index is 0.203. The number of rotatable bonds is 7. The van der Waals surface area contributed by atoms with Crippen molar-refractivity contribution in [1.82, 2.24) is 14.8 Å². The van der Waals surface area contributed by atoms with Crippen LogP contribution in [-0.4, -0.2) is 33.6 Å². The zero-order valence-corrected chi connectivity index (χ0v) is 15.5. The molecular formula is C17H23N3O3S. The van der Waals surface area contributed by atoms with Gasteiger partial charge in [-0.25, -0.2) is 0 Å². The van der Waals surface area contributed by atoms with E-state index in [-0.39, 0.29) is 17.8 Å². The van der Waals surface area contributed by atoms with Gasteiger partial charge in [-0.2, -0.15) is 0 Å². The Morgan fingerprint density at radius 3 is 2.46 bits per heavy atom. The van der Waals surface area contributed by atoms with Crippen molar-refractivity contribution < 1.29 is 14.3 Å². The van der Waals surface area contributed by atoms with E-state index in [2.05, 4.69) is 40.9 Å². The van der Waals surface area contributed by atoms with Gasteiger partial charge in [-0.1, -0.05) is 37.7 Å². The molecule has 0 saturated carbocycles. The second-order valence-corrected chi connectivity index (χ2v) is 6.69. The summed E-state index contributed by atoms with van der Waals surface area (Å²) in [6.45, 7) is 6.24. The van der Waals surface area contributed by atoms with Gasteiger partial charge >= 0.3 is 5.97 Å². The zero-order valence-electron chi connectivity index (χ0n) is 14.6. The molecule has 7 heteroatoms. The fourth-order valence-electron chi connectivity index (χ4n) is 2.18. The standard InChI is InChI=1S/C17H23N3O3S/c1-11(2)13-6-8-14(9-7-13)23-12(3)16-18-19-17(20(16)4)24-10-15(21)22-5/h6-9,11-12H,10H2,1-5H3. The number of aromatic nitrogens is 3. The molecule has 0 N–H and O–H groups in total. The average molecular weight is 349 g/mol. The van der Waals surface area contributed by atoms with Crippen LogP contribution in [0, 0.1) is 0 Å². The number of nitrogens with zero attached hydrogens (tertiary/aromatic N) is 3. The van der Waals surface area contributed by atoms with Gasteiger partial charge in [0.1, 0.15) is 5.75 Å². The number of thioether (sulfide) groups is 1. The molecule has 24 heavy (non-hydrogen) atoms. The van der Waals surface area contributed by atoms with E-state index in [1.54, 1.807) is 0 Å². The number of ether oxygens (including phenoxy) is 2. The Morgan fingerprint density at radius 1 is 1.21 bits per heavy atom. The van der Waals surface area contributed by atoms with Crippen molar-refractivity contribution >= 4 is 17.7 Å². The van der Waals surface area contributed by atoms with E-state index in [1.807, 2.05) is 30.7 Å². The van der Waals surface area contributed by atoms with Gasteiger partial charge in [0.2, 0.25) is 0 Å². The average Bonchev–Trinajstić information content (AvgIpc) is 2.94. The molecule has 0 saturated heterocycles. The molecule has 1 unspecified atom stereocenters. The van der Waals surface area contributed by atoms with Crippen LogP contribution in [0.25, 0.3) is 0 Å². The van der Waals surface area contributed by atoms with Crippen LogP contribution in [0.2, 0.25) is 0 Å². The van der Waals surface area contributed by atoms with Crippen LogP contribution in [0.5, 0.6) is 5.75 Å². The maximum Gasteiger partial charge on any atom is 0.316 e. The number of carbonyl (C=O) groups is 1. The second-order valence-electron chi connectivity index (χ2n) is 5.75. The first-order valence-electron chi connectivity index (χ1n) is 7.78. The Balaban J connectivity index is 2.03. The van der Waals surface area contributed by atoms with Gasteiger partial charge in [-0.3, -0.25) is 4.79 Å². The molecule has 2 rings (SSSR count). The SMILES string of the molecule is COC(=O)CSc1nnc(C(C)Oc2ccc(C(C)C)cc2)n1C. The van der Waals surface area contributed by atoms with Crippen LogP contribution in [0.4, 0.5) is 0 Å². The molecule has 0 radical (unpaired) electrons. The Labute approximate surface area is 146 Å². The lowest BCUT2D eigenvalue weighted by atomic mass is 10.0. The predicted octanol–water partition coefficient (Wildman–Crippen LogP) is 3.34. The summed E-state index contributed by atoms with van der Waals surface area (Å²) in [5, 5.41) is 8.94. The molecule has 6 nitrogen and oxygen atoms in total. The molecule has 1 aromatic heterocycles. The maximum atomic E-state index is 11.2. The number of hydrogen-bond acceptors (Lipinski definition) is 6. The topological polar surface area (TPSA) is 66.2 Å². The summed E-state index contributed by atoms with van der Waals surface area (Å²) >= 11 is 1.29. The minimum atomic E-state index is -0.293. The second kappa shape index (κ2) is 8.19. The highest BCUT2D eigenvalue weighted by molar-refractivity contribution is 7.99. The van der Waals surface area contributed by atoms with Crippen LogP contribution in [-0.2, 0) is 16.6 Å². The van der Waals surface area contributed by atoms with Crippen molar-refractivity contribution in [3.63, 3.8) is 0 Å². The van der Waals surface area contributed by atoms with E-state index in [4.69, 9.17) is 4.74 Å². The normalized spacial score (nSPS) is 12.2. The van der Waals surface area contributed by atoms with Gasteiger partial charge < -0.3 is 14.0 Å². The zero-order chi connectivity index (χ0) is 17.7. The Morgan fingerprint density at radius 2 is 1.88 bits per heavy atom. The number of hydrogen-bond donors (Lipinski definition) is 0. The predicted molar refractivity (Wildman–Crippen MR) is 93.3 cm³/mol. The largest absolute Gasteiger partial charge is 0.483 e. The highest BCUT2D eigenvalue weighted by atomic mass is 32.2. The summed E-state index contributed by atoms with van der Waals surface area (Å²) in [5.74, 6) is 1.90. The highest BCUT2D eigenvalue weighted by Gasteiger charge is 2.18. The van der Waals surface area contributed by atoms with Gasteiger partial charge in [0.15, 0.2) is 17.1 Å². The smallest absolute Gasteiger partial charge is 0.316 e. The number of benzene rings is 1. The van der Waals surface area contributed by atoms with E-state index in [0.717, 1.165) is 5.75 Å². The van der Waals surface area contributed by atoms with Gasteiger partial charge in [-0.15, -0.1) is 10.2 Å². The van der Waals surface area contributed by atoms with Crippen LogP contribution in [0.1, 0.15) is 44.2 Å². The number of esters is 1. The first-order valence-corrected chi connectivity index (χ1v) is 8.76. The van der Waals surface area contributed by atoms with Crippen molar-refractivity contribution in [2.75, 3.05) is 12.9 Å². The molecule has 0 amide bonds. The first-order chi connectivity index (χ1) is 11.4. The van der Waals surface area contributed by atoms with Crippen molar-refractivity contribution in [1.29, 1.82) is 0 Å². The molecule has 0 aliphatic carbocycles. The molecule has 130 valence electrons. The fraction of sp³-hybridized carbons (Fsp3) is 0.471. The molecule has 1 aromatic carbocycles. The van der Waals surface area contributed by atoms with Crippen LogP contribution >= 0.6 is 11.8 Å². The molecule has 0 aliphatic heterocycles. The minimum Gasteiger partial charge on any atom is -0.483 e. The Bertz CT molecular complexity index is 683. The lowest BCUT2D eigenvalue weighted by molar-refractivity contribution is -0.137. The van der Waals surface area contributed by atoms with Crippen molar-refractivity contribution in [3.05, 3.63) is 35.7 Å². The van der Waals surface area contributed by atoms with Gasteiger partial charge in [0.05, 0.1) is 12.9 Å². The number of methoxy groups -OCH3 is 1. The Kier molecular flexibility index (Phi) is 6.25.